The van der Waals surface area contributed by atoms with Crippen LogP contribution < -0.4 is 0 Å². The number of aliphatic hydroxyl groups excluding tert-OH is 2. The second kappa shape index (κ2) is 3.61. The lowest BCUT2D eigenvalue weighted by atomic mass is 9.94. The maximum absolute atomic E-state index is 10.8. The van der Waals surface area contributed by atoms with Crippen molar-refractivity contribution < 1.29 is 20.1 Å². The van der Waals surface area contributed by atoms with E-state index in [0.717, 1.165) is 13.0 Å². The largest absolute Gasteiger partial charge is 0.394 e. The first kappa shape index (κ1) is 10.3. The summed E-state index contributed by atoms with van der Waals surface area (Å²) in [4.78, 5) is 10.8. The summed E-state index contributed by atoms with van der Waals surface area (Å²) in [5, 5.41) is 26.6. The van der Waals surface area contributed by atoms with E-state index in [0.29, 0.717) is 0 Å². The molecule has 4 nitrogen and oxygen atoms in total. The molecule has 3 N–H and O–H groups in total. The summed E-state index contributed by atoms with van der Waals surface area (Å²) in [6.07, 6.45) is -0.563. The van der Waals surface area contributed by atoms with Crippen molar-refractivity contribution in [2.75, 3.05) is 6.61 Å². The van der Waals surface area contributed by atoms with Gasteiger partial charge in [0, 0.05) is 0 Å². The average molecular weight is 160 g/mol. The topological polar surface area (TPSA) is 77.8 Å². The van der Waals surface area contributed by atoms with Crippen LogP contribution in [0.3, 0.4) is 0 Å². The van der Waals surface area contributed by atoms with Crippen LogP contribution in [-0.4, -0.2) is 39.4 Å². The molecular weight excluding hydrogens is 148 g/mol. The minimum atomic E-state index is -1.93. The smallest absolute Gasteiger partial charge is 0.189 e. The molecule has 0 rings (SSSR count). The molecule has 0 spiro atoms. The van der Waals surface area contributed by atoms with Gasteiger partial charge in [-0.05, 0) is 13.0 Å². The van der Waals surface area contributed by atoms with Gasteiger partial charge in [-0.25, -0.2) is 0 Å². The average Bonchev–Trinajstić information content (AvgIpc) is 2.01. The van der Waals surface area contributed by atoms with Gasteiger partial charge in [-0.1, -0.05) is 6.58 Å². The molecule has 0 aromatic carbocycles. The van der Waals surface area contributed by atoms with Crippen LogP contribution in [0.2, 0.25) is 0 Å². The summed E-state index contributed by atoms with van der Waals surface area (Å²) in [5.74, 6) is -0.709. The molecule has 0 aromatic rings. The normalized spacial score (nSPS) is 18.5. The van der Waals surface area contributed by atoms with Crippen molar-refractivity contribution in [2.24, 2.45) is 0 Å². The zero-order valence-corrected chi connectivity index (χ0v) is 6.32. The lowest BCUT2D eigenvalue weighted by Crippen LogP contribution is -2.47. The van der Waals surface area contributed by atoms with E-state index in [4.69, 9.17) is 10.2 Å². The number of carbonyl (C=O) groups excluding carboxylic acids is 1. The van der Waals surface area contributed by atoms with Crippen LogP contribution in [0, 0.1) is 0 Å². The molecule has 0 bridgehead atoms. The number of rotatable bonds is 4. The SMILES string of the molecule is C=CC(=O)C(C)(O)C(O)CO. The second-order valence-electron chi connectivity index (χ2n) is 2.41. The van der Waals surface area contributed by atoms with Crippen molar-refractivity contribution >= 4 is 5.78 Å². The summed E-state index contributed by atoms with van der Waals surface area (Å²) < 4.78 is 0. The third-order valence-electron chi connectivity index (χ3n) is 1.51. The van der Waals surface area contributed by atoms with Gasteiger partial charge in [0.05, 0.1) is 6.61 Å². The molecule has 0 radical (unpaired) electrons. The third-order valence-corrected chi connectivity index (χ3v) is 1.51. The maximum Gasteiger partial charge on any atom is 0.189 e. The fourth-order valence-electron chi connectivity index (χ4n) is 0.549. The van der Waals surface area contributed by atoms with Crippen LogP contribution in [0.15, 0.2) is 12.7 Å². The molecule has 64 valence electrons. The Morgan fingerprint density at radius 3 is 2.55 bits per heavy atom. The van der Waals surface area contributed by atoms with Crippen LogP contribution in [0.1, 0.15) is 6.92 Å². The molecule has 0 saturated heterocycles. The van der Waals surface area contributed by atoms with E-state index in [1.807, 2.05) is 0 Å². The van der Waals surface area contributed by atoms with Crippen molar-refractivity contribution in [2.45, 2.75) is 18.6 Å². The van der Waals surface area contributed by atoms with Crippen molar-refractivity contribution in [3.8, 4) is 0 Å². The van der Waals surface area contributed by atoms with Crippen LogP contribution in [0.4, 0.5) is 0 Å². The number of aliphatic hydroxyl groups is 3. The molecular formula is C7H12O4. The van der Waals surface area contributed by atoms with Gasteiger partial charge >= 0.3 is 0 Å². The Morgan fingerprint density at radius 2 is 2.27 bits per heavy atom. The third kappa shape index (κ3) is 2.11. The molecule has 0 aromatic heterocycles. The van der Waals surface area contributed by atoms with Crippen molar-refractivity contribution in [3.63, 3.8) is 0 Å². The first-order chi connectivity index (χ1) is 4.96. The van der Waals surface area contributed by atoms with E-state index in [2.05, 4.69) is 6.58 Å². The molecule has 0 heterocycles. The zero-order valence-electron chi connectivity index (χ0n) is 6.32. The monoisotopic (exact) mass is 160 g/mol. The van der Waals surface area contributed by atoms with Crippen LogP contribution in [0.5, 0.6) is 0 Å². The minimum Gasteiger partial charge on any atom is -0.394 e. The Morgan fingerprint density at radius 1 is 1.82 bits per heavy atom. The summed E-state index contributed by atoms with van der Waals surface area (Å²) in [6, 6.07) is 0. The molecule has 0 amide bonds. The van der Waals surface area contributed by atoms with Gasteiger partial charge in [-0.3, -0.25) is 4.79 Å². The van der Waals surface area contributed by atoms with Crippen molar-refractivity contribution in [1.29, 1.82) is 0 Å². The fourth-order valence-corrected chi connectivity index (χ4v) is 0.549. The van der Waals surface area contributed by atoms with Gasteiger partial charge in [0.25, 0.3) is 0 Å². The molecule has 0 aliphatic heterocycles. The van der Waals surface area contributed by atoms with Crippen molar-refractivity contribution in [3.05, 3.63) is 12.7 Å². The van der Waals surface area contributed by atoms with Crippen molar-refractivity contribution in [1.82, 2.24) is 0 Å². The molecule has 0 saturated carbocycles. The van der Waals surface area contributed by atoms with Crippen LogP contribution >= 0.6 is 0 Å². The first-order valence-corrected chi connectivity index (χ1v) is 3.15. The highest BCUT2D eigenvalue weighted by molar-refractivity contribution is 5.96. The number of hydrogen-bond donors (Lipinski definition) is 3. The lowest BCUT2D eigenvalue weighted by Gasteiger charge is -2.24. The maximum atomic E-state index is 10.8. The highest BCUT2D eigenvalue weighted by Gasteiger charge is 2.35. The van der Waals surface area contributed by atoms with Gasteiger partial charge in [-0.15, -0.1) is 0 Å². The first-order valence-electron chi connectivity index (χ1n) is 3.15. The van der Waals surface area contributed by atoms with E-state index in [1.165, 1.54) is 0 Å². The zero-order chi connectivity index (χ0) is 9.07. The molecule has 2 unspecified atom stereocenters. The summed E-state index contributed by atoms with van der Waals surface area (Å²) >= 11 is 0. The second-order valence-corrected chi connectivity index (χ2v) is 2.41. The predicted molar refractivity (Wildman–Crippen MR) is 38.9 cm³/mol. The van der Waals surface area contributed by atoms with E-state index in [9.17, 15) is 9.90 Å². The fraction of sp³-hybridized carbons (Fsp3) is 0.571. The molecule has 4 heteroatoms. The molecule has 11 heavy (non-hydrogen) atoms. The summed E-state index contributed by atoms with van der Waals surface area (Å²) in [6.45, 7) is 3.60. The van der Waals surface area contributed by atoms with Gasteiger partial charge < -0.3 is 15.3 Å². The Labute approximate surface area is 64.8 Å². The quantitative estimate of drug-likeness (QED) is 0.453. The molecule has 0 fully saturated rings. The predicted octanol–water partition coefficient (Wildman–Crippen LogP) is -1.15. The number of hydrogen-bond acceptors (Lipinski definition) is 4. The number of carbonyl (C=O) groups is 1. The molecule has 2 atom stereocenters. The Balaban J connectivity index is 4.43. The Bertz CT molecular complexity index is 162. The minimum absolute atomic E-state index is 0.660. The Hall–Kier alpha value is -0.710. The van der Waals surface area contributed by atoms with E-state index in [-0.39, 0.29) is 0 Å². The van der Waals surface area contributed by atoms with Gasteiger partial charge in [0.2, 0.25) is 0 Å². The molecule has 0 aliphatic carbocycles. The number of ketones is 1. The summed E-state index contributed by atoms with van der Waals surface area (Å²) in [5.41, 5.74) is -1.93. The van der Waals surface area contributed by atoms with Gasteiger partial charge in [0.15, 0.2) is 11.4 Å². The van der Waals surface area contributed by atoms with E-state index >= 15 is 0 Å². The lowest BCUT2D eigenvalue weighted by molar-refractivity contribution is -0.145. The van der Waals surface area contributed by atoms with Gasteiger partial charge in [0.1, 0.15) is 6.10 Å². The Kier molecular flexibility index (Phi) is 3.38. The van der Waals surface area contributed by atoms with Crippen LogP contribution in [0.25, 0.3) is 0 Å². The van der Waals surface area contributed by atoms with E-state index in [1.54, 1.807) is 0 Å². The van der Waals surface area contributed by atoms with Gasteiger partial charge in [-0.2, -0.15) is 0 Å². The summed E-state index contributed by atoms with van der Waals surface area (Å²) in [7, 11) is 0. The molecule has 0 aliphatic rings. The van der Waals surface area contributed by atoms with E-state index < -0.39 is 24.1 Å². The highest BCUT2D eigenvalue weighted by Crippen LogP contribution is 2.11. The highest BCUT2D eigenvalue weighted by atomic mass is 16.4. The van der Waals surface area contributed by atoms with Crippen LogP contribution in [-0.2, 0) is 4.79 Å². The standard InChI is InChI=1S/C7H12O4/c1-3-5(9)7(2,11)6(10)4-8/h3,6,8,10-11H,1,4H2,2H3.